The van der Waals surface area contributed by atoms with Gasteiger partial charge in [-0.2, -0.15) is 0 Å². The minimum absolute atomic E-state index is 0.163. The SMILES string of the molecule is CCc1cc2c(CN3CCN(CC(=O)N4CC(C)CC(C)C4)CC3)cc(=O)oc2cc1O. The molecule has 2 fully saturated rings. The fourth-order valence-corrected chi connectivity index (χ4v) is 5.23. The number of aryl methyl sites for hydroxylation is 1. The first-order chi connectivity index (χ1) is 15.3. The molecule has 4 rings (SSSR count). The minimum atomic E-state index is -0.398. The van der Waals surface area contributed by atoms with E-state index in [0.717, 1.165) is 55.8 Å². The van der Waals surface area contributed by atoms with E-state index >= 15 is 0 Å². The van der Waals surface area contributed by atoms with Crippen LogP contribution in [0.15, 0.2) is 27.4 Å². The Balaban J connectivity index is 1.37. The number of piperazine rings is 1. The highest BCUT2D eigenvalue weighted by atomic mass is 16.4. The number of fused-ring (bicyclic) bond motifs is 1. The molecule has 1 N–H and O–H groups in total. The number of rotatable bonds is 5. The summed E-state index contributed by atoms with van der Waals surface area (Å²) in [6, 6.07) is 5.04. The lowest BCUT2D eigenvalue weighted by Crippen LogP contribution is -2.51. The van der Waals surface area contributed by atoms with Crippen molar-refractivity contribution in [2.24, 2.45) is 11.8 Å². The number of carbonyl (C=O) groups excluding carboxylic acids is 1. The summed E-state index contributed by atoms with van der Waals surface area (Å²) in [4.78, 5) is 31.5. The maximum Gasteiger partial charge on any atom is 0.336 e. The van der Waals surface area contributed by atoms with E-state index in [1.54, 1.807) is 12.1 Å². The Hall–Kier alpha value is -2.38. The maximum absolute atomic E-state index is 12.8. The fraction of sp³-hybridized carbons (Fsp3) is 0.600. The van der Waals surface area contributed by atoms with Crippen LogP contribution in [0.3, 0.4) is 0 Å². The number of aromatic hydroxyl groups is 1. The third-order valence-corrected chi connectivity index (χ3v) is 6.85. The van der Waals surface area contributed by atoms with Crippen LogP contribution >= 0.6 is 0 Å². The largest absolute Gasteiger partial charge is 0.508 e. The Morgan fingerprint density at radius 2 is 1.69 bits per heavy atom. The van der Waals surface area contributed by atoms with Crippen molar-refractivity contribution in [2.75, 3.05) is 45.8 Å². The second-order valence-corrected chi connectivity index (χ2v) is 9.72. The van der Waals surface area contributed by atoms with E-state index in [1.807, 2.05) is 17.9 Å². The molecule has 3 heterocycles. The smallest absolute Gasteiger partial charge is 0.336 e. The van der Waals surface area contributed by atoms with Crippen LogP contribution in [-0.4, -0.2) is 71.5 Å². The van der Waals surface area contributed by atoms with Crippen molar-refractivity contribution in [3.8, 4) is 5.75 Å². The van der Waals surface area contributed by atoms with Crippen LogP contribution < -0.4 is 5.63 Å². The van der Waals surface area contributed by atoms with Gasteiger partial charge in [0.2, 0.25) is 5.91 Å². The van der Waals surface area contributed by atoms with Gasteiger partial charge in [-0.05, 0) is 41.9 Å². The third-order valence-electron chi connectivity index (χ3n) is 6.85. The van der Waals surface area contributed by atoms with Crippen molar-refractivity contribution in [1.82, 2.24) is 14.7 Å². The molecule has 2 aliphatic rings. The lowest BCUT2D eigenvalue weighted by molar-refractivity contribution is -0.135. The van der Waals surface area contributed by atoms with Gasteiger partial charge in [-0.25, -0.2) is 4.79 Å². The van der Waals surface area contributed by atoms with Gasteiger partial charge >= 0.3 is 5.63 Å². The van der Waals surface area contributed by atoms with Crippen molar-refractivity contribution in [3.63, 3.8) is 0 Å². The van der Waals surface area contributed by atoms with Gasteiger partial charge in [-0.15, -0.1) is 0 Å². The summed E-state index contributed by atoms with van der Waals surface area (Å²) >= 11 is 0. The number of phenolic OH excluding ortho intramolecular Hbond substituents is 1. The van der Waals surface area contributed by atoms with E-state index in [-0.39, 0.29) is 11.7 Å². The zero-order valence-electron chi connectivity index (χ0n) is 19.5. The first-order valence-corrected chi connectivity index (χ1v) is 11.8. The van der Waals surface area contributed by atoms with Crippen LogP contribution in [0.1, 0.15) is 38.3 Å². The third kappa shape index (κ3) is 5.15. The Bertz CT molecular complexity index is 1020. The number of carbonyl (C=O) groups is 1. The van der Waals surface area contributed by atoms with Gasteiger partial charge in [0.25, 0.3) is 0 Å². The number of nitrogens with zero attached hydrogens (tertiary/aromatic N) is 3. The van der Waals surface area contributed by atoms with Gasteiger partial charge in [0, 0.05) is 63.3 Å². The lowest BCUT2D eigenvalue weighted by atomic mass is 9.92. The summed E-state index contributed by atoms with van der Waals surface area (Å²) in [7, 11) is 0. The van der Waals surface area contributed by atoms with Gasteiger partial charge < -0.3 is 14.4 Å². The molecule has 2 aliphatic heterocycles. The molecule has 32 heavy (non-hydrogen) atoms. The van der Waals surface area contributed by atoms with Gasteiger partial charge in [-0.1, -0.05) is 20.8 Å². The number of benzene rings is 1. The van der Waals surface area contributed by atoms with Crippen LogP contribution in [0.4, 0.5) is 0 Å². The summed E-state index contributed by atoms with van der Waals surface area (Å²) in [6.07, 6.45) is 1.91. The molecule has 0 saturated carbocycles. The molecule has 0 spiro atoms. The minimum Gasteiger partial charge on any atom is -0.508 e. The zero-order chi connectivity index (χ0) is 22.8. The van der Waals surface area contributed by atoms with Crippen LogP contribution in [0.25, 0.3) is 11.0 Å². The maximum atomic E-state index is 12.8. The second kappa shape index (κ2) is 9.63. The van der Waals surface area contributed by atoms with Gasteiger partial charge in [0.15, 0.2) is 0 Å². The zero-order valence-corrected chi connectivity index (χ0v) is 19.5. The monoisotopic (exact) mass is 441 g/mol. The van der Waals surface area contributed by atoms with Gasteiger partial charge in [0.05, 0.1) is 6.54 Å². The second-order valence-electron chi connectivity index (χ2n) is 9.72. The normalized spacial score (nSPS) is 23.0. The van der Waals surface area contributed by atoms with Crippen LogP contribution in [0.5, 0.6) is 5.75 Å². The summed E-state index contributed by atoms with van der Waals surface area (Å²) in [5.41, 5.74) is 1.80. The fourth-order valence-electron chi connectivity index (χ4n) is 5.23. The Morgan fingerprint density at radius 3 is 2.34 bits per heavy atom. The topological polar surface area (TPSA) is 77.2 Å². The van der Waals surface area contributed by atoms with Gasteiger partial charge in [0.1, 0.15) is 11.3 Å². The number of piperidine rings is 1. The number of likely N-dealkylation sites (tertiary alicyclic amines) is 1. The molecule has 1 aromatic carbocycles. The van der Waals surface area contributed by atoms with E-state index in [4.69, 9.17) is 4.42 Å². The summed E-state index contributed by atoms with van der Waals surface area (Å²) in [5.74, 6) is 1.56. The Kier molecular flexibility index (Phi) is 6.86. The van der Waals surface area contributed by atoms with Crippen molar-refractivity contribution in [2.45, 2.75) is 40.2 Å². The van der Waals surface area contributed by atoms with Crippen molar-refractivity contribution < 1.29 is 14.3 Å². The Labute approximate surface area is 189 Å². The lowest BCUT2D eigenvalue weighted by Gasteiger charge is -2.38. The summed E-state index contributed by atoms with van der Waals surface area (Å²) in [6.45, 7) is 12.7. The summed E-state index contributed by atoms with van der Waals surface area (Å²) < 4.78 is 5.32. The molecule has 7 nitrogen and oxygen atoms in total. The van der Waals surface area contributed by atoms with Crippen molar-refractivity contribution in [3.05, 3.63) is 39.7 Å². The van der Waals surface area contributed by atoms with Crippen LogP contribution in [0, 0.1) is 11.8 Å². The van der Waals surface area contributed by atoms with Crippen LogP contribution in [-0.2, 0) is 17.8 Å². The highest BCUT2D eigenvalue weighted by Crippen LogP contribution is 2.28. The molecule has 7 heteroatoms. The van der Waals surface area contributed by atoms with Gasteiger partial charge in [-0.3, -0.25) is 14.6 Å². The molecule has 0 bridgehead atoms. The molecule has 2 saturated heterocycles. The molecule has 0 radical (unpaired) electrons. The first-order valence-electron chi connectivity index (χ1n) is 11.8. The average molecular weight is 442 g/mol. The number of hydrogen-bond donors (Lipinski definition) is 1. The number of phenols is 1. The molecular weight excluding hydrogens is 406 g/mol. The predicted molar refractivity (Wildman–Crippen MR) is 125 cm³/mol. The predicted octanol–water partition coefficient (Wildman–Crippen LogP) is 2.68. The number of amides is 1. The summed E-state index contributed by atoms with van der Waals surface area (Å²) in [5, 5.41) is 11.0. The molecule has 1 amide bonds. The molecular formula is C25H35N3O4. The van der Waals surface area contributed by atoms with Crippen LogP contribution in [0.2, 0.25) is 0 Å². The molecule has 1 aromatic heterocycles. The molecule has 2 aromatic rings. The van der Waals surface area contributed by atoms with E-state index in [9.17, 15) is 14.7 Å². The van der Waals surface area contributed by atoms with Crippen molar-refractivity contribution in [1.29, 1.82) is 0 Å². The first kappa shape index (κ1) is 22.8. The molecule has 2 atom stereocenters. The quantitative estimate of drug-likeness (QED) is 0.719. The Morgan fingerprint density at radius 1 is 1.03 bits per heavy atom. The van der Waals surface area contributed by atoms with E-state index < -0.39 is 5.63 Å². The van der Waals surface area contributed by atoms with E-state index in [1.165, 1.54) is 6.42 Å². The van der Waals surface area contributed by atoms with Crippen molar-refractivity contribution >= 4 is 16.9 Å². The standard InChI is InChI=1S/C25H35N3O4/c1-4-19-10-21-20(11-25(31)32-23(21)12-22(19)29)15-26-5-7-27(8-6-26)16-24(30)28-13-17(2)9-18(3)14-28/h10-12,17-18,29H,4-9,13-16H2,1-3H3. The molecule has 2 unspecified atom stereocenters. The highest BCUT2D eigenvalue weighted by Gasteiger charge is 2.27. The average Bonchev–Trinajstić information content (AvgIpc) is 2.74. The van der Waals surface area contributed by atoms with E-state index in [0.29, 0.717) is 36.9 Å². The molecule has 0 aliphatic carbocycles. The highest BCUT2D eigenvalue weighted by molar-refractivity contribution is 5.82. The number of hydrogen-bond acceptors (Lipinski definition) is 6. The van der Waals surface area contributed by atoms with E-state index in [2.05, 4.69) is 23.6 Å². The molecule has 174 valence electrons.